The van der Waals surface area contributed by atoms with Gasteiger partial charge in [0.2, 0.25) is 0 Å². The van der Waals surface area contributed by atoms with Crippen LogP contribution < -0.4 is 0 Å². The molecule has 0 heterocycles. The van der Waals surface area contributed by atoms with Crippen LogP contribution in [0.15, 0.2) is 0 Å². The summed E-state index contributed by atoms with van der Waals surface area (Å²) in [5.41, 5.74) is 0. The van der Waals surface area contributed by atoms with Crippen molar-refractivity contribution in [1.82, 2.24) is 0 Å². The van der Waals surface area contributed by atoms with E-state index in [0.717, 1.165) is 0 Å². The number of ether oxygens (including phenoxy) is 1. The zero-order chi connectivity index (χ0) is 9.56. The first kappa shape index (κ1) is 11.9. The molecule has 0 spiro atoms. The Labute approximate surface area is 73.6 Å². The smallest absolute Gasteiger partial charge is 0.139 e. The van der Waals surface area contributed by atoms with Crippen LogP contribution in [0, 0.1) is 0 Å². The molecule has 0 aliphatic rings. The molecule has 3 atom stereocenters. The average molecular weight is 176 g/mol. The van der Waals surface area contributed by atoms with Crippen LogP contribution in [0.1, 0.15) is 13.3 Å². The molecule has 12 heavy (non-hydrogen) atoms. The van der Waals surface area contributed by atoms with E-state index in [1.807, 2.05) is 0 Å². The number of aliphatic hydroxyl groups excluding tert-OH is 3. The summed E-state index contributed by atoms with van der Waals surface area (Å²) in [6.07, 6.45) is -0.717. The third-order valence-electron chi connectivity index (χ3n) is 1.66. The van der Waals surface area contributed by atoms with Crippen molar-refractivity contribution in [3.8, 4) is 0 Å². The van der Waals surface area contributed by atoms with Gasteiger partial charge in [-0.15, -0.1) is 0 Å². The van der Waals surface area contributed by atoms with E-state index in [2.05, 4.69) is 0 Å². The molecule has 0 aliphatic carbocycles. The van der Waals surface area contributed by atoms with Crippen LogP contribution in [-0.2, 0) is 4.74 Å². The van der Waals surface area contributed by atoms with E-state index in [0.29, 0.717) is 6.42 Å². The molecule has 72 valence electrons. The normalized spacial score (nSPS) is 18.7. The van der Waals surface area contributed by atoms with Crippen molar-refractivity contribution in [2.75, 3.05) is 13.2 Å². The first-order valence-corrected chi connectivity index (χ1v) is 4.17. The molecule has 0 bridgehead atoms. The van der Waals surface area contributed by atoms with Crippen molar-refractivity contribution in [1.29, 1.82) is 0 Å². The van der Waals surface area contributed by atoms with Gasteiger partial charge in [-0.2, -0.15) is 0 Å². The molecule has 0 radical (unpaired) electrons. The highest BCUT2D eigenvalue weighted by Crippen LogP contribution is 2.03. The largest absolute Gasteiger partial charge is 0.396 e. The number of aliphatic hydroxyl groups is 3. The summed E-state index contributed by atoms with van der Waals surface area (Å²) in [7, 11) is 1.79. The number of hydrogen-bond donors (Lipinski definition) is 3. The average Bonchev–Trinajstić information content (AvgIpc) is 2.00. The Morgan fingerprint density at radius 3 is 2.33 bits per heavy atom. The van der Waals surface area contributed by atoms with Crippen molar-refractivity contribution in [2.24, 2.45) is 0 Å². The lowest BCUT2D eigenvalue weighted by molar-refractivity contribution is -0.0724. The molecule has 0 aromatic rings. The maximum absolute atomic E-state index is 9.08. The van der Waals surface area contributed by atoms with E-state index in [4.69, 9.17) is 20.1 Å². The third kappa shape index (κ3) is 4.72. The zero-order valence-corrected chi connectivity index (χ0v) is 7.60. The van der Waals surface area contributed by atoms with E-state index in [1.165, 1.54) is 0 Å². The highest BCUT2D eigenvalue weighted by atomic mass is 16.5. The standard InChI is InChI=1S/C7H17BO4/c1-5(11)6(4-10)12-7(8)2-3-9/h5-7,9-11H,2-4,8H2,1H3/t5-,6+,7+/m0/s1. The summed E-state index contributed by atoms with van der Waals surface area (Å²) >= 11 is 0. The van der Waals surface area contributed by atoms with Gasteiger partial charge >= 0.3 is 0 Å². The molecule has 0 aromatic heterocycles. The monoisotopic (exact) mass is 176 g/mol. The van der Waals surface area contributed by atoms with Crippen molar-refractivity contribution in [3.63, 3.8) is 0 Å². The lowest BCUT2D eigenvalue weighted by Crippen LogP contribution is -2.34. The van der Waals surface area contributed by atoms with Crippen LogP contribution in [0.25, 0.3) is 0 Å². The van der Waals surface area contributed by atoms with Crippen molar-refractivity contribution >= 4 is 7.85 Å². The van der Waals surface area contributed by atoms with Crippen molar-refractivity contribution in [3.05, 3.63) is 0 Å². The lowest BCUT2D eigenvalue weighted by Gasteiger charge is -2.22. The highest BCUT2D eigenvalue weighted by molar-refractivity contribution is 6.10. The van der Waals surface area contributed by atoms with Crippen LogP contribution in [0.4, 0.5) is 0 Å². The van der Waals surface area contributed by atoms with E-state index in [-0.39, 0.29) is 19.2 Å². The molecular weight excluding hydrogens is 159 g/mol. The molecule has 0 aliphatic heterocycles. The van der Waals surface area contributed by atoms with Gasteiger partial charge in [-0.05, 0) is 13.3 Å². The fourth-order valence-corrected chi connectivity index (χ4v) is 0.858. The SMILES string of the molecule is B[C@@H](CCO)O[C@H](CO)[C@H](C)O. The van der Waals surface area contributed by atoms with E-state index >= 15 is 0 Å². The van der Waals surface area contributed by atoms with Gasteiger partial charge in [0.1, 0.15) is 14.0 Å². The Balaban J connectivity index is 3.69. The molecule has 0 unspecified atom stereocenters. The molecule has 4 nitrogen and oxygen atoms in total. The molecule has 0 saturated heterocycles. The Hall–Kier alpha value is -0.0951. The third-order valence-corrected chi connectivity index (χ3v) is 1.66. The summed E-state index contributed by atoms with van der Waals surface area (Å²) in [5.74, 6) is 0. The minimum Gasteiger partial charge on any atom is -0.396 e. The quantitative estimate of drug-likeness (QED) is 0.413. The second kappa shape index (κ2) is 6.42. The Morgan fingerprint density at radius 1 is 1.42 bits per heavy atom. The summed E-state index contributed by atoms with van der Waals surface area (Å²) in [4.78, 5) is 0. The van der Waals surface area contributed by atoms with E-state index in [1.54, 1.807) is 14.8 Å². The van der Waals surface area contributed by atoms with Gasteiger partial charge in [0.05, 0.1) is 12.7 Å². The first-order chi connectivity index (χ1) is 5.61. The molecule has 0 saturated carbocycles. The molecule has 0 aromatic carbocycles. The number of hydrogen-bond acceptors (Lipinski definition) is 4. The van der Waals surface area contributed by atoms with Crippen LogP contribution in [0.3, 0.4) is 0 Å². The van der Waals surface area contributed by atoms with Gasteiger partial charge in [-0.25, -0.2) is 0 Å². The Kier molecular flexibility index (Phi) is 6.37. The van der Waals surface area contributed by atoms with Gasteiger partial charge in [0.15, 0.2) is 0 Å². The van der Waals surface area contributed by atoms with Gasteiger partial charge in [-0.1, -0.05) is 0 Å². The summed E-state index contributed by atoms with van der Waals surface area (Å²) in [6, 6.07) is -0.137. The van der Waals surface area contributed by atoms with Crippen LogP contribution >= 0.6 is 0 Å². The van der Waals surface area contributed by atoms with Crippen molar-refractivity contribution in [2.45, 2.75) is 31.6 Å². The van der Waals surface area contributed by atoms with Gasteiger partial charge < -0.3 is 20.1 Å². The predicted octanol–water partition coefficient (Wildman–Crippen LogP) is -1.91. The molecule has 0 amide bonds. The second-order valence-corrected chi connectivity index (χ2v) is 2.92. The molecule has 0 fully saturated rings. The first-order valence-electron chi connectivity index (χ1n) is 4.17. The lowest BCUT2D eigenvalue weighted by atomic mass is 9.96. The minimum absolute atomic E-state index is 0.0547. The fraction of sp³-hybridized carbons (Fsp3) is 1.00. The van der Waals surface area contributed by atoms with Gasteiger partial charge in [0, 0.05) is 12.6 Å². The highest BCUT2D eigenvalue weighted by Gasteiger charge is 2.16. The second-order valence-electron chi connectivity index (χ2n) is 2.92. The zero-order valence-electron chi connectivity index (χ0n) is 7.60. The van der Waals surface area contributed by atoms with Crippen LogP contribution in [0.2, 0.25) is 0 Å². The summed E-state index contributed by atoms with van der Waals surface area (Å²) < 4.78 is 5.24. The number of rotatable bonds is 6. The maximum Gasteiger partial charge on any atom is 0.139 e. The van der Waals surface area contributed by atoms with Crippen LogP contribution in [-0.4, -0.2) is 54.6 Å². The van der Waals surface area contributed by atoms with Gasteiger partial charge in [-0.3, -0.25) is 0 Å². The predicted molar refractivity (Wildman–Crippen MR) is 47.7 cm³/mol. The van der Waals surface area contributed by atoms with Gasteiger partial charge in [0.25, 0.3) is 0 Å². The molecule has 3 N–H and O–H groups in total. The molecular formula is C7H17BO4. The van der Waals surface area contributed by atoms with Crippen LogP contribution in [0.5, 0.6) is 0 Å². The van der Waals surface area contributed by atoms with E-state index < -0.39 is 12.2 Å². The van der Waals surface area contributed by atoms with E-state index in [9.17, 15) is 0 Å². The Morgan fingerprint density at radius 2 is 2.00 bits per heavy atom. The Bertz CT molecular complexity index is 110. The summed E-state index contributed by atoms with van der Waals surface area (Å²) in [5, 5.41) is 26.4. The minimum atomic E-state index is -0.684. The summed E-state index contributed by atoms with van der Waals surface area (Å²) in [6.45, 7) is 1.42. The van der Waals surface area contributed by atoms with Crippen molar-refractivity contribution < 1.29 is 20.1 Å². The topological polar surface area (TPSA) is 69.9 Å². The maximum atomic E-state index is 9.08. The molecule has 5 heteroatoms. The molecule has 0 rings (SSSR count). The fourth-order valence-electron chi connectivity index (χ4n) is 0.858.